The third-order valence-corrected chi connectivity index (χ3v) is 4.57. The van der Waals surface area contributed by atoms with Gasteiger partial charge >= 0.3 is 0 Å². The highest BCUT2D eigenvalue weighted by Gasteiger charge is 2.14. The summed E-state index contributed by atoms with van der Waals surface area (Å²) in [5.41, 5.74) is 2.11. The monoisotopic (exact) mass is 314 g/mol. The van der Waals surface area contributed by atoms with E-state index in [0.717, 1.165) is 39.2 Å². The number of halogens is 2. The predicted molar refractivity (Wildman–Crippen MR) is 83.6 cm³/mol. The van der Waals surface area contributed by atoms with Gasteiger partial charge in [-0.3, -0.25) is 0 Å². The van der Waals surface area contributed by atoms with E-state index >= 15 is 0 Å². The van der Waals surface area contributed by atoms with Gasteiger partial charge < -0.3 is 5.32 Å². The summed E-state index contributed by atoms with van der Waals surface area (Å²) in [7, 11) is 1.95. The highest BCUT2D eigenvalue weighted by atomic mass is 35.5. The van der Waals surface area contributed by atoms with Gasteiger partial charge in [0, 0.05) is 27.9 Å². The quantitative estimate of drug-likeness (QED) is 0.897. The Labute approximate surface area is 127 Å². The fourth-order valence-corrected chi connectivity index (χ4v) is 3.18. The van der Waals surface area contributed by atoms with E-state index in [1.807, 2.05) is 32.2 Å². The lowest BCUT2D eigenvalue weighted by Gasteiger charge is -2.17. The Balaban J connectivity index is 2.11. The number of nitrogens with one attached hydrogen (secondary N) is 1. The largest absolute Gasteiger partial charge is 0.316 e. The summed E-state index contributed by atoms with van der Waals surface area (Å²) in [6.07, 6.45) is 1.67. The molecule has 2 aromatic rings. The average molecular weight is 315 g/mol. The zero-order valence-corrected chi connectivity index (χ0v) is 13.2. The van der Waals surface area contributed by atoms with Crippen molar-refractivity contribution in [3.63, 3.8) is 0 Å². The van der Waals surface area contributed by atoms with Crippen molar-refractivity contribution in [1.82, 2.24) is 10.3 Å². The minimum Gasteiger partial charge on any atom is -0.316 e. The Bertz CT molecular complexity index is 534. The molecule has 102 valence electrons. The molecule has 0 fully saturated rings. The molecule has 2 nitrogen and oxygen atoms in total. The van der Waals surface area contributed by atoms with Crippen molar-refractivity contribution in [2.24, 2.45) is 0 Å². The van der Waals surface area contributed by atoms with Crippen molar-refractivity contribution in [3.05, 3.63) is 49.9 Å². The first-order valence-electron chi connectivity index (χ1n) is 6.11. The maximum atomic E-state index is 6.21. The van der Waals surface area contributed by atoms with Gasteiger partial charge in [-0.2, -0.15) is 0 Å². The second kappa shape index (κ2) is 6.71. The normalized spacial score (nSPS) is 12.6. The molecule has 0 bridgehead atoms. The fraction of sp³-hybridized carbons (Fsp3) is 0.357. The standard InChI is InChI=1S/C14H16Cl2N2S/c1-9-18-11(8-19-9)6-10(17-2)7-12-13(15)4-3-5-14(12)16/h3-5,8,10,17H,6-7H2,1-2H3. The molecule has 0 radical (unpaired) electrons. The van der Waals surface area contributed by atoms with E-state index in [-0.39, 0.29) is 6.04 Å². The van der Waals surface area contributed by atoms with Crippen LogP contribution in [-0.2, 0) is 12.8 Å². The maximum Gasteiger partial charge on any atom is 0.0897 e. The van der Waals surface area contributed by atoms with E-state index in [2.05, 4.69) is 15.7 Å². The molecule has 1 aromatic carbocycles. The van der Waals surface area contributed by atoms with Gasteiger partial charge in [0.1, 0.15) is 0 Å². The van der Waals surface area contributed by atoms with Crippen molar-refractivity contribution >= 4 is 34.5 Å². The Morgan fingerprint density at radius 3 is 2.47 bits per heavy atom. The van der Waals surface area contributed by atoms with Crippen LogP contribution in [0.1, 0.15) is 16.3 Å². The van der Waals surface area contributed by atoms with Crippen molar-refractivity contribution in [3.8, 4) is 0 Å². The molecule has 2 rings (SSSR count). The zero-order valence-electron chi connectivity index (χ0n) is 10.9. The molecule has 0 aliphatic rings. The van der Waals surface area contributed by atoms with Crippen LogP contribution >= 0.6 is 34.5 Å². The van der Waals surface area contributed by atoms with Crippen LogP contribution in [0.4, 0.5) is 0 Å². The molecule has 0 spiro atoms. The van der Waals surface area contributed by atoms with Crippen LogP contribution in [0.15, 0.2) is 23.6 Å². The molecule has 0 aliphatic carbocycles. The van der Waals surface area contributed by atoms with Gasteiger partial charge in [0.15, 0.2) is 0 Å². The van der Waals surface area contributed by atoms with E-state index in [1.165, 1.54) is 0 Å². The lowest BCUT2D eigenvalue weighted by Crippen LogP contribution is -2.30. The number of aromatic nitrogens is 1. The van der Waals surface area contributed by atoms with Gasteiger partial charge in [0.05, 0.1) is 10.7 Å². The number of hydrogen-bond donors (Lipinski definition) is 1. The SMILES string of the molecule is CNC(Cc1csc(C)n1)Cc1c(Cl)cccc1Cl. The molecule has 5 heteroatoms. The minimum absolute atomic E-state index is 0.277. The van der Waals surface area contributed by atoms with Crippen LogP contribution in [-0.4, -0.2) is 18.1 Å². The third kappa shape index (κ3) is 3.93. The van der Waals surface area contributed by atoms with E-state index in [0.29, 0.717) is 0 Å². The molecule has 0 saturated carbocycles. The summed E-state index contributed by atoms with van der Waals surface area (Å²) in [5, 5.41) is 7.96. The Morgan fingerprint density at radius 1 is 1.26 bits per heavy atom. The Morgan fingerprint density at radius 2 is 1.95 bits per heavy atom. The molecule has 1 heterocycles. The van der Waals surface area contributed by atoms with Crippen molar-refractivity contribution < 1.29 is 0 Å². The zero-order chi connectivity index (χ0) is 13.8. The second-order valence-electron chi connectivity index (χ2n) is 4.45. The molecular weight excluding hydrogens is 299 g/mol. The highest BCUT2D eigenvalue weighted by molar-refractivity contribution is 7.09. The first kappa shape index (κ1) is 14.8. The molecule has 1 atom stereocenters. The van der Waals surface area contributed by atoms with Crippen LogP contribution in [0.5, 0.6) is 0 Å². The van der Waals surface area contributed by atoms with Crippen LogP contribution in [0.2, 0.25) is 10.0 Å². The smallest absolute Gasteiger partial charge is 0.0897 e. The van der Waals surface area contributed by atoms with Crippen LogP contribution in [0.3, 0.4) is 0 Å². The number of likely N-dealkylation sites (N-methyl/N-ethyl adjacent to an activating group) is 1. The first-order valence-corrected chi connectivity index (χ1v) is 7.75. The summed E-state index contributed by atoms with van der Waals surface area (Å²) in [5.74, 6) is 0. The topological polar surface area (TPSA) is 24.9 Å². The molecule has 0 saturated heterocycles. The molecular formula is C14H16Cl2N2S. The van der Waals surface area contributed by atoms with E-state index in [4.69, 9.17) is 23.2 Å². The highest BCUT2D eigenvalue weighted by Crippen LogP contribution is 2.26. The lowest BCUT2D eigenvalue weighted by atomic mass is 10.0. The average Bonchev–Trinajstić information content (AvgIpc) is 2.78. The fourth-order valence-electron chi connectivity index (χ4n) is 2.00. The molecule has 1 N–H and O–H groups in total. The number of thiazole rings is 1. The van der Waals surface area contributed by atoms with Crippen LogP contribution < -0.4 is 5.32 Å². The molecule has 0 aliphatic heterocycles. The Kier molecular flexibility index (Phi) is 5.22. The molecule has 1 aromatic heterocycles. The molecule has 19 heavy (non-hydrogen) atoms. The van der Waals surface area contributed by atoms with E-state index < -0.39 is 0 Å². The lowest BCUT2D eigenvalue weighted by molar-refractivity contribution is 0.551. The number of aryl methyl sites for hydroxylation is 1. The maximum absolute atomic E-state index is 6.21. The summed E-state index contributed by atoms with van der Waals surface area (Å²) in [4.78, 5) is 4.50. The van der Waals surface area contributed by atoms with Gasteiger partial charge in [-0.1, -0.05) is 29.3 Å². The predicted octanol–water partition coefficient (Wildman–Crippen LogP) is 4.13. The van der Waals surface area contributed by atoms with Gasteiger partial charge in [-0.05, 0) is 38.1 Å². The first-order chi connectivity index (χ1) is 9.10. The van der Waals surface area contributed by atoms with Gasteiger partial charge in [0.2, 0.25) is 0 Å². The van der Waals surface area contributed by atoms with E-state index in [9.17, 15) is 0 Å². The summed E-state index contributed by atoms with van der Waals surface area (Å²) in [6, 6.07) is 5.90. The summed E-state index contributed by atoms with van der Waals surface area (Å²) >= 11 is 14.1. The van der Waals surface area contributed by atoms with Gasteiger partial charge in [-0.25, -0.2) is 4.98 Å². The van der Waals surface area contributed by atoms with Gasteiger partial charge in [0.25, 0.3) is 0 Å². The van der Waals surface area contributed by atoms with E-state index in [1.54, 1.807) is 11.3 Å². The summed E-state index contributed by atoms with van der Waals surface area (Å²) in [6.45, 7) is 2.02. The number of benzene rings is 1. The Hall–Kier alpha value is -0.610. The molecule has 0 amide bonds. The minimum atomic E-state index is 0.277. The number of rotatable bonds is 5. The summed E-state index contributed by atoms with van der Waals surface area (Å²) < 4.78 is 0. The number of nitrogens with zero attached hydrogens (tertiary/aromatic N) is 1. The van der Waals surface area contributed by atoms with Crippen molar-refractivity contribution in [2.75, 3.05) is 7.05 Å². The van der Waals surface area contributed by atoms with Crippen molar-refractivity contribution in [1.29, 1.82) is 0 Å². The number of hydrogen-bond acceptors (Lipinski definition) is 3. The second-order valence-corrected chi connectivity index (χ2v) is 6.33. The molecule has 1 unspecified atom stereocenters. The van der Waals surface area contributed by atoms with Crippen LogP contribution in [0.25, 0.3) is 0 Å². The van der Waals surface area contributed by atoms with Crippen LogP contribution in [0, 0.1) is 6.92 Å². The van der Waals surface area contributed by atoms with Crippen molar-refractivity contribution in [2.45, 2.75) is 25.8 Å². The third-order valence-electron chi connectivity index (χ3n) is 3.04. The van der Waals surface area contributed by atoms with Gasteiger partial charge in [-0.15, -0.1) is 11.3 Å².